The summed E-state index contributed by atoms with van der Waals surface area (Å²) in [4.78, 5) is 16.6. The maximum absolute atomic E-state index is 12.6. The van der Waals surface area contributed by atoms with Gasteiger partial charge in [0.1, 0.15) is 16.5 Å². The van der Waals surface area contributed by atoms with E-state index in [1.54, 1.807) is 6.07 Å². The van der Waals surface area contributed by atoms with Crippen LogP contribution in [0.3, 0.4) is 0 Å². The van der Waals surface area contributed by atoms with E-state index in [9.17, 15) is 4.79 Å². The van der Waals surface area contributed by atoms with Crippen molar-refractivity contribution in [3.63, 3.8) is 0 Å². The topological polar surface area (TPSA) is 119 Å². The number of H-pyrrole nitrogens is 1. The highest BCUT2D eigenvalue weighted by molar-refractivity contribution is 7.20. The molecule has 0 saturated carbocycles. The van der Waals surface area contributed by atoms with E-state index in [1.165, 1.54) is 16.9 Å². The molecule has 0 aliphatic carbocycles. The van der Waals surface area contributed by atoms with Crippen molar-refractivity contribution >= 4 is 44.7 Å². The molecule has 7 heteroatoms. The van der Waals surface area contributed by atoms with Crippen LogP contribution in [-0.4, -0.2) is 5.91 Å². The van der Waals surface area contributed by atoms with Crippen molar-refractivity contribution in [3.8, 4) is 6.07 Å². The van der Waals surface area contributed by atoms with Crippen LogP contribution in [0.25, 0.3) is 10.2 Å². The quantitative estimate of drug-likeness (QED) is 0.654. The summed E-state index contributed by atoms with van der Waals surface area (Å²) in [5.41, 5.74) is 14.5. The number of hydrogen-bond donors (Lipinski definition) is 3. The van der Waals surface area contributed by atoms with E-state index >= 15 is 0 Å². The van der Waals surface area contributed by atoms with Crippen molar-refractivity contribution in [1.29, 1.82) is 5.26 Å². The molecule has 0 fully saturated rings. The van der Waals surface area contributed by atoms with Crippen LogP contribution < -0.4 is 21.8 Å². The molecular weight excluding hydrogens is 346 g/mol. The Morgan fingerprint density at radius 1 is 1.35 bits per heavy atom. The first-order chi connectivity index (χ1) is 12.4. The van der Waals surface area contributed by atoms with Gasteiger partial charge in [0.05, 0.1) is 11.1 Å². The number of carbonyl (C=O) groups excluding carboxylic acids is 1. The van der Waals surface area contributed by atoms with E-state index in [0.29, 0.717) is 37.9 Å². The second kappa shape index (κ2) is 7.02. The van der Waals surface area contributed by atoms with Crippen LogP contribution in [0.2, 0.25) is 0 Å². The molecule has 0 saturated heterocycles. The fraction of sp³-hybridized carbons (Fsp3) is 0.211. The Kier molecular flexibility index (Phi) is 4.78. The summed E-state index contributed by atoms with van der Waals surface area (Å²) in [6.07, 6.45) is 1.06. The lowest BCUT2D eigenvalue weighted by Gasteiger charge is -2.10. The second-order valence-corrected chi connectivity index (χ2v) is 7.20. The number of hydrogen-bond acceptors (Lipinski definition) is 5. The largest absolute Gasteiger partial charge is 0.397 e. The molecule has 0 unspecified atom stereocenters. The summed E-state index contributed by atoms with van der Waals surface area (Å²) in [5, 5.41) is 12.6. The number of nitrogens with one attached hydrogen (secondary N) is 2. The average molecular weight is 366 g/mol. The number of nitrogen functional groups attached to an aromatic ring is 2. The highest BCUT2D eigenvalue weighted by Crippen LogP contribution is 2.33. The van der Waals surface area contributed by atoms with Crippen molar-refractivity contribution in [1.82, 2.24) is 0 Å². The number of rotatable bonds is 4. The van der Waals surface area contributed by atoms with Gasteiger partial charge in [0, 0.05) is 5.69 Å². The number of thiophene rings is 1. The first-order valence-electron chi connectivity index (χ1n) is 8.29. The Bertz CT molecular complexity index is 1020. The number of nitrogens with zero attached hydrogens (tertiary/aromatic N) is 1. The lowest BCUT2D eigenvalue weighted by molar-refractivity contribution is -0.323. The molecule has 132 valence electrons. The number of aromatic amines is 1. The lowest BCUT2D eigenvalue weighted by Crippen LogP contribution is -2.12. The zero-order valence-electron chi connectivity index (χ0n) is 14.6. The van der Waals surface area contributed by atoms with Gasteiger partial charge in [0.15, 0.2) is 4.83 Å². The molecule has 1 atom stereocenters. The number of pyridine rings is 1. The molecule has 0 aliphatic heterocycles. The number of nitrogens with two attached hydrogens (primary N) is 2. The molecule has 0 bridgehead atoms. The number of aromatic nitrogens is 1. The van der Waals surface area contributed by atoms with Crippen molar-refractivity contribution in [2.75, 3.05) is 16.8 Å². The van der Waals surface area contributed by atoms with Crippen molar-refractivity contribution in [3.05, 3.63) is 46.3 Å². The van der Waals surface area contributed by atoms with Gasteiger partial charge >= 0.3 is 0 Å². The fourth-order valence-corrected chi connectivity index (χ4v) is 3.69. The standard InChI is InChI=1S/C19H19N5OS/c1-3-10(2)11-4-6-13(7-5-11)23-18(25)16-15(21)14-8-12(9-20)17(22)24-19(14)26-16/h4-8,10H,3,21H2,1-2H3,(H2,22,24)(H,23,25)/p+1/t10-/m0/s1. The molecule has 2 aromatic heterocycles. The summed E-state index contributed by atoms with van der Waals surface area (Å²) < 4.78 is 0. The maximum Gasteiger partial charge on any atom is 0.289 e. The van der Waals surface area contributed by atoms with E-state index in [0.717, 1.165) is 6.42 Å². The zero-order chi connectivity index (χ0) is 18.8. The van der Waals surface area contributed by atoms with Gasteiger partial charge < -0.3 is 11.1 Å². The van der Waals surface area contributed by atoms with Crippen LogP contribution in [0.15, 0.2) is 30.3 Å². The molecule has 0 radical (unpaired) electrons. The average Bonchev–Trinajstić information content (AvgIpc) is 2.96. The number of amides is 1. The van der Waals surface area contributed by atoms with E-state index in [4.69, 9.17) is 16.7 Å². The van der Waals surface area contributed by atoms with Crippen LogP contribution in [0, 0.1) is 11.3 Å². The third-order valence-electron chi connectivity index (χ3n) is 4.49. The maximum atomic E-state index is 12.6. The Morgan fingerprint density at radius 2 is 2.04 bits per heavy atom. The first kappa shape index (κ1) is 17.7. The first-order valence-corrected chi connectivity index (χ1v) is 9.11. The summed E-state index contributed by atoms with van der Waals surface area (Å²) in [5.74, 6) is 0.452. The van der Waals surface area contributed by atoms with Crippen LogP contribution >= 0.6 is 11.3 Å². The Labute approximate surface area is 155 Å². The SMILES string of the molecule is CC[C@H](C)c1ccc(NC(=O)c2sc3[nH+]c(N)c(C#N)cc3c2N)cc1. The highest BCUT2D eigenvalue weighted by atomic mass is 32.1. The molecule has 3 aromatic rings. The molecule has 6 nitrogen and oxygen atoms in total. The molecule has 26 heavy (non-hydrogen) atoms. The van der Waals surface area contributed by atoms with Gasteiger partial charge in [-0.15, -0.1) is 0 Å². The van der Waals surface area contributed by atoms with Gasteiger partial charge in [-0.3, -0.25) is 10.5 Å². The third-order valence-corrected chi connectivity index (χ3v) is 5.62. The van der Waals surface area contributed by atoms with Gasteiger partial charge in [-0.2, -0.15) is 5.26 Å². The van der Waals surface area contributed by atoms with Crippen LogP contribution in [0.4, 0.5) is 17.2 Å². The fourth-order valence-electron chi connectivity index (χ4n) is 2.68. The number of fused-ring (bicyclic) bond motifs is 1. The number of benzene rings is 1. The zero-order valence-corrected chi connectivity index (χ0v) is 15.4. The molecule has 1 amide bonds. The van der Waals surface area contributed by atoms with E-state index in [1.807, 2.05) is 30.3 Å². The van der Waals surface area contributed by atoms with Gasteiger partial charge in [-0.05, 0) is 36.1 Å². The Hall–Kier alpha value is -3.11. The number of anilines is 3. The van der Waals surface area contributed by atoms with Crippen molar-refractivity contribution < 1.29 is 9.78 Å². The summed E-state index contributed by atoms with van der Waals surface area (Å²) in [7, 11) is 0. The Morgan fingerprint density at radius 3 is 2.65 bits per heavy atom. The van der Waals surface area contributed by atoms with Gasteiger partial charge in [-0.25, -0.2) is 4.98 Å². The van der Waals surface area contributed by atoms with E-state index in [-0.39, 0.29) is 11.7 Å². The molecule has 0 aliphatic rings. The lowest BCUT2D eigenvalue weighted by atomic mass is 9.99. The predicted molar refractivity (Wildman–Crippen MR) is 105 cm³/mol. The smallest absolute Gasteiger partial charge is 0.289 e. The van der Waals surface area contributed by atoms with Gasteiger partial charge in [0.2, 0.25) is 0 Å². The minimum Gasteiger partial charge on any atom is -0.397 e. The van der Waals surface area contributed by atoms with E-state index in [2.05, 4.69) is 24.1 Å². The molecule has 2 heterocycles. The normalized spacial score (nSPS) is 11.9. The monoisotopic (exact) mass is 366 g/mol. The van der Waals surface area contributed by atoms with E-state index < -0.39 is 0 Å². The molecule has 6 N–H and O–H groups in total. The highest BCUT2D eigenvalue weighted by Gasteiger charge is 2.21. The Balaban J connectivity index is 1.88. The summed E-state index contributed by atoms with van der Waals surface area (Å²) in [6, 6.07) is 11.4. The molecule has 3 rings (SSSR count). The van der Waals surface area contributed by atoms with Crippen molar-refractivity contribution in [2.45, 2.75) is 26.2 Å². The number of nitriles is 1. The van der Waals surface area contributed by atoms with Crippen molar-refractivity contribution in [2.24, 2.45) is 0 Å². The minimum absolute atomic E-state index is 0.258. The molecular formula is C19H20N5OS+. The van der Waals surface area contributed by atoms with Crippen LogP contribution in [0.1, 0.15) is 47.0 Å². The minimum atomic E-state index is -0.287. The number of carbonyl (C=O) groups is 1. The van der Waals surface area contributed by atoms with Gasteiger partial charge in [-0.1, -0.05) is 37.3 Å². The molecule has 1 aromatic carbocycles. The van der Waals surface area contributed by atoms with Crippen LogP contribution in [0.5, 0.6) is 0 Å². The summed E-state index contributed by atoms with van der Waals surface area (Å²) >= 11 is 1.21. The summed E-state index contributed by atoms with van der Waals surface area (Å²) in [6.45, 7) is 4.31. The van der Waals surface area contributed by atoms with Gasteiger partial charge in [0.25, 0.3) is 11.7 Å². The molecule has 0 spiro atoms. The third kappa shape index (κ3) is 3.19. The van der Waals surface area contributed by atoms with Crippen LogP contribution in [-0.2, 0) is 0 Å². The second-order valence-electron chi connectivity index (χ2n) is 6.18. The predicted octanol–water partition coefficient (Wildman–Crippen LogP) is 3.52.